The molecule has 3 rings (SSSR count). The zero-order valence-electron chi connectivity index (χ0n) is 9.27. The maximum atomic E-state index is 11.6. The Labute approximate surface area is 102 Å². The number of benzene rings is 1. The van der Waals surface area contributed by atoms with E-state index in [0.717, 1.165) is 0 Å². The summed E-state index contributed by atoms with van der Waals surface area (Å²) in [5.41, 5.74) is 1.51. The summed E-state index contributed by atoms with van der Waals surface area (Å²) in [5, 5.41) is 14.6. The molecule has 2 aliphatic rings. The first-order chi connectivity index (χ1) is 8.65. The number of rotatable bonds is 1. The van der Waals surface area contributed by atoms with E-state index in [1.54, 1.807) is 12.1 Å². The van der Waals surface area contributed by atoms with E-state index in [-0.39, 0.29) is 18.4 Å². The Morgan fingerprint density at radius 1 is 1.33 bits per heavy atom. The number of phenolic OH excluding ortho intramolecular Hbond substituents is 1. The number of urea groups is 1. The molecule has 1 aromatic rings. The van der Waals surface area contributed by atoms with Gasteiger partial charge >= 0.3 is 12.0 Å². The second kappa shape index (κ2) is 3.76. The summed E-state index contributed by atoms with van der Waals surface area (Å²) in [7, 11) is 0. The summed E-state index contributed by atoms with van der Waals surface area (Å²) in [6, 6.07) is 5.43. The van der Waals surface area contributed by atoms with E-state index < -0.39 is 12.0 Å². The van der Waals surface area contributed by atoms with Gasteiger partial charge in [-0.25, -0.2) is 9.59 Å². The van der Waals surface area contributed by atoms with Crippen molar-refractivity contribution in [2.75, 3.05) is 6.61 Å². The van der Waals surface area contributed by atoms with Gasteiger partial charge in [-0.1, -0.05) is 12.1 Å². The third-order valence-electron chi connectivity index (χ3n) is 2.92. The molecule has 0 fully saturated rings. The lowest BCUT2D eigenvalue weighted by Gasteiger charge is -2.24. The minimum absolute atomic E-state index is 0.0776. The fourth-order valence-electron chi connectivity index (χ4n) is 2.14. The number of phenols is 1. The molecular weight excluding hydrogens is 236 g/mol. The second-order valence-electron chi connectivity index (χ2n) is 4.09. The van der Waals surface area contributed by atoms with Gasteiger partial charge in [-0.2, -0.15) is 0 Å². The number of hydrogen-bond donors (Lipinski definition) is 3. The Bertz CT molecular complexity index is 579. The highest BCUT2D eigenvalue weighted by atomic mass is 16.5. The SMILES string of the molecule is O=C1NC2=C(C(=O)OC2)C(c2cccc(O)c2)N1. The van der Waals surface area contributed by atoms with Crippen LogP contribution in [0.4, 0.5) is 4.79 Å². The molecule has 0 bridgehead atoms. The third kappa shape index (κ3) is 1.58. The van der Waals surface area contributed by atoms with Crippen LogP contribution >= 0.6 is 0 Å². The summed E-state index contributed by atoms with van der Waals surface area (Å²) in [6.45, 7) is 0.0803. The van der Waals surface area contributed by atoms with E-state index in [9.17, 15) is 14.7 Å². The first-order valence-electron chi connectivity index (χ1n) is 5.42. The molecule has 0 radical (unpaired) electrons. The van der Waals surface area contributed by atoms with Crippen LogP contribution in [0.5, 0.6) is 5.75 Å². The van der Waals surface area contributed by atoms with Gasteiger partial charge in [0.2, 0.25) is 0 Å². The zero-order chi connectivity index (χ0) is 12.7. The molecule has 92 valence electrons. The Morgan fingerprint density at radius 3 is 2.94 bits per heavy atom. The maximum Gasteiger partial charge on any atom is 0.338 e. The van der Waals surface area contributed by atoms with E-state index in [4.69, 9.17) is 4.74 Å². The summed E-state index contributed by atoms with van der Waals surface area (Å²) in [6.07, 6.45) is 0. The molecule has 1 unspecified atom stereocenters. The topological polar surface area (TPSA) is 87.7 Å². The zero-order valence-corrected chi connectivity index (χ0v) is 9.27. The molecular formula is C12H10N2O4. The van der Waals surface area contributed by atoms with Crippen LogP contribution in [0.2, 0.25) is 0 Å². The molecule has 1 atom stereocenters. The van der Waals surface area contributed by atoms with E-state index in [2.05, 4.69) is 10.6 Å². The van der Waals surface area contributed by atoms with Crippen molar-refractivity contribution in [3.63, 3.8) is 0 Å². The maximum absolute atomic E-state index is 11.6. The smallest absolute Gasteiger partial charge is 0.338 e. The summed E-state index contributed by atoms with van der Waals surface area (Å²) >= 11 is 0. The van der Waals surface area contributed by atoms with Gasteiger partial charge in [-0.15, -0.1) is 0 Å². The summed E-state index contributed by atoms with van der Waals surface area (Å²) in [5.74, 6) is -0.375. The highest BCUT2D eigenvalue weighted by Gasteiger charge is 2.37. The highest BCUT2D eigenvalue weighted by molar-refractivity contribution is 5.97. The lowest BCUT2D eigenvalue weighted by molar-refractivity contribution is -0.136. The standard InChI is InChI=1S/C12H10N2O4/c15-7-3-1-2-6(4-7)10-9-8(5-18-11(9)16)13-12(17)14-10/h1-4,10,15H,5H2,(H2,13,14,17). The van der Waals surface area contributed by atoms with Crippen LogP contribution in [0.15, 0.2) is 35.5 Å². The van der Waals surface area contributed by atoms with Gasteiger partial charge in [-0.3, -0.25) is 0 Å². The van der Waals surface area contributed by atoms with Crippen molar-refractivity contribution < 1.29 is 19.4 Å². The van der Waals surface area contributed by atoms with Crippen LogP contribution in [-0.2, 0) is 9.53 Å². The number of nitrogens with one attached hydrogen (secondary N) is 2. The van der Waals surface area contributed by atoms with Crippen LogP contribution in [0.25, 0.3) is 0 Å². The average Bonchev–Trinajstić information content (AvgIpc) is 2.70. The largest absolute Gasteiger partial charge is 0.508 e. The molecule has 3 N–H and O–H groups in total. The van der Waals surface area contributed by atoms with Gasteiger partial charge in [0, 0.05) is 0 Å². The summed E-state index contributed by atoms with van der Waals surface area (Å²) in [4.78, 5) is 23.1. The predicted octanol–water partition coefficient (Wildman–Crippen LogP) is 0.557. The van der Waals surface area contributed by atoms with Crippen molar-refractivity contribution in [1.29, 1.82) is 0 Å². The van der Waals surface area contributed by atoms with Crippen LogP contribution in [-0.4, -0.2) is 23.7 Å². The lowest BCUT2D eigenvalue weighted by atomic mass is 9.96. The van der Waals surface area contributed by atoms with Crippen LogP contribution < -0.4 is 10.6 Å². The average molecular weight is 246 g/mol. The monoisotopic (exact) mass is 246 g/mol. The van der Waals surface area contributed by atoms with Crippen molar-refractivity contribution >= 4 is 12.0 Å². The molecule has 1 aromatic carbocycles. The Morgan fingerprint density at radius 2 is 2.17 bits per heavy atom. The van der Waals surface area contributed by atoms with Gasteiger partial charge in [-0.05, 0) is 17.7 Å². The van der Waals surface area contributed by atoms with Crippen molar-refractivity contribution in [2.45, 2.75) is 6.04 Å². The molecule has 0 saturated heterocycles. The number of carbonyl (C=O) groups excluding carboxylic acids is 2. The molecule has 2 heterocycles. The number of cyclic esters (lactones) is 1. The van der Waals surface area contributed by atoms with Gasteiger partial charge < -0.3 is 20.5 Å². The minimum Gasteiger partial charge on any atom is -0.508 e. The molecule has 0 spiro atoms. The second-order valence-corrected chi connectivity index (χ2v) is 4.09. The molecule has 0 aliphatic carbocycles. The minimum atomic E-state index is -0.587. The van der Waals surface area contributed by atoms with Crippen LogP contribution in [0, 0.1) is 0 Å². The summed E-state index contributed by atoms with van der Waals surface area (Å²) < 4.78 is 4.90. The van der Waals surface area contributed by atoms with E-state index in [1.807, 2.05) is 0 Å². The molecule has 6 heteroatoms. The van der Waals surface area contributed by atoms with E-state index in [1.165, 1.54) is 12.1 Å². The molecule has 2 amide bonds. The molecule has 6 nitrogen and oxygen atoms in total. The Hall–Kier alpha value is -2.50. The molecule has 18 heavy (non-hydrogen) atoms. The first-order valence-corrected chi connectivity index (χ1v) is 5.42. The van der Waals surface area contributed by atoms with Crippen molar-refractivity contribution in [1.82, 2.24) is 10.6 Å². The predicted molar refractivity (Wildman–Crippen MR) is 60.5 cm³/mol. The number of aromatic hydroxyl groups is 1. The fourth-order valence-corrected chi connectivity index (χ4v) is 2.14. The number of carbonyl (C=O) groups is 2. The van der Waals surface area contributed by atoms with Crippen molar-refractivity contribution in [3.8, 4) is 5.75 Å². The normalized spacial score (nSPS) is 22.1. The number of ether oxygens (including phenoxy) is 1. The quantitative estimate of drug-likeness (QED) is 0.632. The van der Waals surface area contributed by atoms with Crippen LogP contribution in [0.3, 0.4) is 0 Å². The molecule has 0 aromatic heterocycles. The first kappa shape index (κ1) is 10.6. The third-order valence-corrected chi connectivity index (χ3v) is 2.92. The van der Waals surface area contributed by atoms with Gasteiger partial charge in [0.25, 0.3) is 0 Å². The number of amides is 2. The van der Waals surface area contributed by atoms with E-state index in [0.29, 0.717) is 16.8 Å². The van der Waals surface area contributed by atoms with Gasteiger partial charge in [0.05, 0.1) is 17.3 Å². The molecule has 2 aliphatic heterocycles. The molecule has 0 saturated carbocycles. The Kier molecular flexibility index (Phi) is 2.22. The van der Waals surface area contributed by atoms with Gasteiger partial charge in [0.1, 0.15) is 12.4 Å². The Balaban J connectivity index is 2.07. The number of hydrogen-bond acceptors (Lipinski definition) is 4. The fraction of sp³-hybridized carbons (Fsp3) is 0.167. The van der Waals surface area contributed by atoms with Crippen molar-refractivity contribution in [3.05, 3.63) is 41.1 Å². The lowest BCUT2D eigenvalue weighted by Crippen LogP contribution is -2.44. The van der Waals surface area contributed by atoms with Crippen molar-refractivity contribution in [2.24, 2.45) is 0 Å². The van der Waals surface area contributed by atoms with Gasteiger partial charge in [0.15, 0.2) is 0 Å². The van der Waals surface area contributed by atoms with Crippen LogP contribution in [0.1, 0.15) is 11.6 Å². The highest BCUT2D eigenvalue weighted by Crippen LogP contribution is 2.32. The van der Waals surface area contributed by atoms with E-state index >= 15 is 0 Å². The number of esters is 1.